The number of hydrogen-bond acceptors (Lipinski definition) is 1. The highest BCUT2D eigenvalue weighted by atomic mass is 19.3. The number of alkyl halides is 2. The molecular weight excluding hydrogens is 366 g/mol. The monoisotopic (exact) mass is 402 g/mol. The fourth-order valence-corrected chi connectivity index (χ4v) is 5.02. The molecule has 29 heavy (non-hydrogen) atoms. The first-order valence-electron chi connectivity index (χ1n) is 11.3. The number of benzene rings is 1. The standard InChI is InChI=1S/C26H36F2O/c1-3-5-21-10-14-24(15-11-21)25-16-12-23(13-17-25)19-29-26(27,28)18-22-8-6-20(4-2)7-9-22/h3-5,12-13,16-17,20-22,24H,2,6-11,14-15,18-19H2,1H3/b5-3+. The summed E-state index contributed by atoms with van der Waals surface area (Å²) in [6.07, 6.45) is 11.8. The van der Waals surface area contributed by atoms with Crippen LogP contribution in [0.5, 0.6) is 0 Å². The molecule has 2 saturated carbocycles. The second-order valence-electron chi connectivity index (χ2n) is 9.03. The summed E-state index contributed by atoms with van der Waals surface area (Å²) in [6.45, 7) is 5.88. The van der Waals surface area contributed by atoms with Gasteiger partial charge < -0.3 is 4.74 Å². The second-order valence-corrected chi connectivity index (χ2v) is 9.03. The third-order valence-corrected chi connectivity index (χ3v) is 6.89. The van der Waals surface area contributed by atoms with E-state index in [2.05, 4.69) is 37.8 Å². The first-order valence-corrected chi connectivity index (χ1v) is 11.3. The molecule has 0 aliphatic heterocycles. The van der Waals surface area contributed by atoms with E-state index in [0.717, 1.165) is 37.2 Å². The summed E-state index contributed by atoms with van der Waals surface area (Å²) in [7, 11) is 0. The van der Waals surface area contributed by atoms with Gasteiger partial charge in [-0.2, -0.15) is 8.78 Å². The van der Waals surface area contributed by atoms with Crippen molar-refractivity contribution in [1.82, 2.24) is 0 Å². The van der Waals surface area contributed by atoms with Crippen molar-refractivity contribution < 1.29 is 13.5 Å². The van der Waals surface area contributed by atoms with Crippen molar-refractivity contribution in [2.75, 3.05) is 0 Å². The first-order chi connectivity index (χ1) is 14.0. The van der Waals surface area contributed by atoms with Gasteiger partial charge in [0.15, 0.2) is 0 Å². The van der Waals surface area contributed by atoms with Crippen LogP contribution in [-0.4, -0.2) is 6.11 Å². The molecule has 0 atom stereocenters. The number of allylic oxidation sites excluding steroid dienone is 3. The second kappa shape index (κ2) is 10.5. The zero-order chi connectivity index (χ0) is 20.7. The fraction of sp³-hybridized carbons (Fsp3) is 0.615. The first kappa shape index (κ1) is 22.2. The average molecular weight is 403 g/mol. The molecule has 1 aromatic carbocycles. The van der Waals surface area contributed by atoms with E-state index in [4.69, 9.17) is 4.74 Å². The van der Waals surface area contributed by atoms with Gasteiger partial charge in [0.1, 0.15) is 0 Å². The summed E-state index contributed by atoms with van der Waals surface area (Å²) < 4.78 is 33.6. The van der Waals surface area contributed by atoms with Crippen LogP contribution in [0, 0.1) is 17.8 Å². The van der Waals surface area contributed by atoms with E-state index in [0.29, 0.717) is 11.8 Å². The van der Waals surface area contributed by atoms with Crippen molar-refractivity contribution in [1.29, 1.82) is 0 Å². The Hall–Kier alpha value is -1.48. The van der Waals surface area contributed by atoms with Crippen molar-refractivity contribution in [3.05, 3.63) is 60.2 Å². The van der Waals surface area contributed by atoms with Crippen LogP contribution < -0.4 is 0 Å². The summed E-state index contributed by atoms with van der Waals surface area (Å²) in [5.74, 6) is 1.87. The Morgan fingerprint density at radius 1 is 0.966 bits per heavy atom. The summed E-state index contributed by atoms with van der Waals surface area (Å²) in [4.78, 5) is 0. The Balaban J connectivity index is 1.44. The van der Waals surface area contributed by atoms with E-state index in [1.54, 1.807) is 0 Å². The molecule has 160 valence electrons. The molecule has 0 radical (unpaired) electrons. The molecule has 0 N–H and O–H groups in total. The fourth-order valence-electron chi connectivity index (χ4n) is 5.02. The molecule has 0 spiro atoms. The maximum Gasteiger partial charge on any atom is 0.356 e. The van der Waals surface area contributed by atoms with Gasteiger partial charge in [-0.05, 0) is 93.1 Å². The summed E-state index contributed by atoms with van der Waals surface area (Å²) in [6, 6.07) is 8.12. The lowest BCUT2D eigenvalue weighted by Gasteiger charge is -2.29. The number of ether oxygens (including phenoxy) is 1. The Morgan fingerprint density at radius 2 is 1.59 bits per heavy atom. The predicted octanol–water partition coefficient (Wildman–Crippen LogP) is 8.03. The van der Waals surface area contributed by atoms with Crippen LogP contribution in [0.4, 0.5) is 8.78 Å². The highest BCUT2D eigenvalue weighted by Crippen LogP contribution is 2.38. The third kappa shape index (κ3) is 6.77. The smallest absolute Gasteiger partial charge is 0.316 e. The number of rotatable bonds is 8. The minimum Gasteiger partial charge on any atom is -0.316 e. The quantitative estimate of drug-likeness (QED) is 0.400. The van der Waals surface area contributed by atoms with Gasteiger partial charge in [-0.3, -0.25) is 0 Å². The molecule has 2 aliphatic carbocycles. The van der Waals surface area contributed by atoms with Crippen LogP contribution in [0.2, 0.25) is 0 Å². The van der Waals surface area contributed by atoms with E-state index >= 15 is 0 Å². The molecule has 0 heterocycles. The van der Waals surface area contributed by atoms with E-state index in [1.807, 2.05) is 18.2 Å². The zero-order valence-electron chi connectivity index (χ0n) is 17.8. The SMILES string of the molecule is C=CC1CCC(CC(F)(F)OCc2ccc(C3CCC(/C=C/C)CC3)cc2)CC1. The largest absolute Gasteiger partial charge is 0.356 e. The van der Waals surface area contributed by atoms with Crippen LogP contribution in [-0.2, 0) is 11.3 Å². The predicted molar refractivity (Wildman–Crippen MR) is 116 cm³/mol. The maximum absolute atomic E-state index is 14.3. The molecule has 0 saturated heterocycles. The molecule has 3 heteroatoms. The Kier molecular flexibility index (Phi) is 8.06. The van der Waals surface area contributed by atoms with Crippen LogP contribution >= 0.6 is 0 Å². The summed E-state index contributed by atoms with van der Waals surface area (Å²) in [5.41, 5.74) is 2.16. The normalized spacial score (nSPS) is 28.5. The average Bonchev–Trinajstić information content (AvgIpc) is 2.74. The van der Waals surface area contributed by atoms with Gasteiger partial charge in [0.05, 0.1) is 6.61 Å². The van der Waals surface area contributed by atoms with Crippen molar-refractivity contribution in [2.45, 2.75) is 83.3 Å². The Morgan fingerprint density at radius 3 is 2.17 bits per heavy atom. The minimum absolute atomic E-state index is 0.0245. The molecule has 0 bridgehead atoms. The van der Waals surface area contributed by atoms with Gasteiger partial charge in [0.25, 0.3) is 0 Å². The van der Waals surface area contributed by atoms with Crippen molar-refractivity contribution in [2.24, 2.45) is 17.8 Å². The van der Waals surface area contributed by atoms with Gasteiger partial charge >= 0.3 is 6.11 Å². The van der Waals surface area contributed by atoms with Gasteiger partial charge in [0, 0.05) is 6.42 Å². The van der Waals surface area contributed by atoms with Crippen LogP contribution in [0.1, 0.15) is 81.8 Å². The van der Waals surface area contributed by atoms with Crippen molar-refractivity contribution in [3.8, 4) is 0 Å². The molecule has 1 nitrogen and oxygen atoms in total. The highest BCUT2D eigenvalue weighted by Gasteiger charge is 2.35. The van der Waals surface area contributed by atoms with Crippen molar-refractivity contribution in [3.63, 3.8) is 0 Å². The lowest BCUT2D eigenvalue weighted by atomic mass is 9.78. The van der Waals surface area contributed by atoms with E-state index in [9.17, 15) is 8.78 Å². The van der Waals surface area contributed by atoms with Gasteiger partial charge in [-0.1, -0.05) is 42.5 Å². The Labute approximate surface area is 175 Å². The summed E-state index contributed by atoms with van der Waals surface area (Å²) >= 11 is 0. The van der Waals surface area contributed by atoms with E-state index in [-0.39, 0.29) is 18.9 Å². The van der Waals surface area contributed by atoms with Gasteiger partial charge in [-0.15, -0.1) is 6.58 Å². The minimum atomic E-state index is -3.05. The van der Waals surface area contributed by atoms with Gasteiger partial charge in [0.2, 0.25) is 0 Å². The van der Waals surface area contributed by atoms with Crippen molar-refractivity contribution >= 4 is 0 Å². The number of hydrogen-bond donors (Lipinski definition) is 0. The third-order valence-electron chi connectivity index (χ3n) is 6.89. The molecule has 0 unspecified atom stereocenters. The topological polar surface area (TPSA) is 9.23 Å². The zero-order valence-corrected chi connectivity index (χ0v) is 17.8. The van der Waals surface area contributed by atoms with Crippen LogP contribution in [0.15, 0.2) is 49.1 Å². The molecule has 0 amide bonds. The molecular formula is C26H36F2O. The highest BCUT2D eigenvalue weighted by molar-refractivity contribution is 5.25. The van der Waals surface area contributed by atoms with Crippen LogP contribution in [0.25, 0.3) is 0 Å². The van der Waals surface area contributed by atoms with Gasteiger partial charge in [-0.25, -0.2) is 0 Å². The molecule has 0 aromatic heterocycles. The molecule has 2 fully saturated rings. The number of halogens is 2. The lowest BCUT2D eigenvalue weighted by Crippen LogP contribution is -2.26. The molecule has 1 aromatic rings. The lowest BCUT2D eigenvalue weighted by molar-refractivity contribution is -0.256. The van der Waals surface area contributed by atoms with E-state index < -0.39 is 6.11 Å². The Bertz CT molecular complexity index is 648. The van der Waals surface area contributed by atoms with E-state index in [1.165, 1.54) is 31.2 Å². The molecule has 2 aliphatic rings. The maximum atomic E-state index is 14.3. The summed E-state index contributed by atoms with van der Waals surface area (Å²) in [5, 5.41) is 0. The molecule has 3 rings (SSSR count). The van der Waals surface area contributed by atoms with Crippen LogP contribution in [0.3, 0.4) is 0 Å².